The molecule has 5 heteroatoms. The quantitative estimate of drug-likeness (QED) is 0.832. The Labute approximate surface area is 151 Å². The summed E-state index contributed by atoms with van der Waals surface area (Å²) < 4.78 is 6.21. The molecule has 1 aliphatic rings. The number of rotatable bonds is 5. The van der Waals surface area contributed by atoms with Crippen LogP contribution in [0.3, 0.4) is 0 Å². The number of ether oxygens (including phenoxy) is 1. The minimum Gasteiger partial charge on any atom is -0.483 e. The van der Waals surface area contributed by atoms with E-state index < -0.39 is 0 Å². The zero-order valence-corrected chi connectivity index (χ0v) is 15.5. The monoisotopic (exact) mass is 359 g/mol. The lowest BCUT2D eigenvalue weighted by atomic mass is 10.1. The highest BCUT2D eigenvalue weighted by molar-refractivity contribution is 8.19. The highest BCUT2D eigenvalue weighted by Crippen LogP contribution is 2.48. The molecule has 1 saturated heterocycles. The number of para-hydroxylation sites is 1. The molecule has 0 spiro atoms. The Balaban J connectivity index is 1.62. The first-order valence-corrected chi connectivity index (χ1v) is 10.0. The first-order valence-electron chi connectivity index (χ1n) is 7.95. The summed E-state index contributed by atoms with van der Waals surface area (Å²) >= 11 is 3.86. The van der Waals surface area contributed by atoms with Crippen LogP contribution in [0.25, 0.3) is 0 Å². The van der Waals surface area contributed by atoms with Crippen molar-refractivity contribution in [2.75, 3.05) is 23.4 Å². The van der Waals surface area contributed by atoms with Gasteiger partial charge in [-0.25, -0.2) is 0 Å². The van der Waals surface area contributed by atoms with E-state index in [1.165, 1.54) is 5.56 Å². The van der Waals surface area contributed by atoms with Gasteiger partial charge in [0.05, 0.1) is 4.58 Å². The topological polar surface area (TPSA) is 38.3 Å². The predicted octanol–water partition coefficient (Wildman–Crippen LogP) is 4.80. The van der Waals surface area contributed by atoms with Crippen molar-refractivity contribution >= 4 is 35.1 Å². The highest BCUT2D eigenvalue weighted by atomic mass is 32.2. The van der Waals surface area contributed by atoms with Crippen molar-refractivity contribution in [1.82, 2.24) is 0 Å². The van der Waals surface area contributed by atoms with Crippen LogP contribution in [-0.2, 0) is 4.79 Å². The molecular weight excluding hydrogens is 338 g/mol. The molecule has 1 fully saturated rings. The van der Waals surface area contributed by atoms with E-state index in [4.69, 9.17) is 4.74 Å². The van der Waals surface area contributed by atoms with Gasteiger partial charge in [0, 0.05) is 22.8 Å². The molecule has 1 heterocycles. The number of amides is 1. The molecule has 2 aromatic rings. The van der Waals surface area contributed by atoms with Gasteiger partial charge in [-0.3, -0.25) is 4.79 Å². The molecule has 0 bridgehead atoms. The zero-order valence-electron chi connectivity index (χ0n) is 13.9. The van der Waals surface area contributed by atoms with Crippen LogP contribution in [0.2, 0.25) is 0 Å². The second-order valence-electron chi connectivity index (χ2n) is 5.82. The Hall–Kier alpha value is -1.59. The van der Waals surface area contributed by atoms with E-state index in [1.54, 1.807) is 0 Å². The number of thioether (sulfide) groups is 2. The third-order valence-corrected chi connectivity index (χ3v) is 6.73. The van der Waals surface area contributed by atoms with Gasteiger partial charge in [0.2, 0.25) is 0 Å². The summed E-state index contributed by atoms with van der Waals surface area (Å²) in [5.41, 5.74) is 4.25. The van der Waals surface area contributed by atoms with Crippen molar-refractivity contribution < 1.29 is 9.53 Å². The highest BCUT2D eigenvalue weighted by Gasteiger charge is 2.21. The third-order valence-electron chi connectivity index (χ3n) is 3.66. The molecule has 0 aliphatic carbocycles. The maximum Gasteiger partial charge on any atom is 0.262 e. The molecule has 24 heavy (non-hydrogen) atoms. The smallest absolute Gasteiger partial charge is 0.262 e. The Morgan fingerprint density at radius 3 is 2.50 bits per heavy atom. The first kappa shape index (κ1) is 17.2. The van der Waals surface area contributed by atoms with Gasteiger partial charge in [-0.1, -0.05) is 24.3 Å². The Morgan fingerprint density at radius 1 is 1.12 bits per heavy atom. The molecule has 0 aromatic heterocycles. The van der Waals surface area contributed by atoms with Crippen molar-refractivity contribution in [3.05, 3.63) is 59.2 Å². The van der Waals surface area contributed by atoms with Crippen molar-refractivity contribution in [3.8, 4) is 5.75 Å². The number of anilines is 1. The van der Waals surface area contributed by atoms with Gasteiger partial charge in [0.1, 0.15) is 5.75 Å². The lowest BCUT2D eigenvalue weighted by Crippen LogP contribution is -2.20. The second-order valence-corrected chi connectivity index (χ2v) is 8.55. The third kappa shape index (κ3) is 4.48. The summed E-state index contributed by atoms with van der Waals surface area (Å²) in [6.07, 6.45) is 0. The fourth-order valence-electron chi connectivity index (χ4n) is 2.73. The van der Waals surface area contributed by atoms with E-state index >= 15 is 0 Å². The van der Waals surface area contributed by atoms with E-state index in [9.17, 15) is 4.79 Å². The lowest BCUT2D eigenvalue weighted by Gasteiger charge is -2.15. The van der Waals surface area contributed by atoms with Crippen LogP contribution in [0.15, 0.2) is 42.5 Å². The van der Waals surface area contributed by atoms with Gasteiger partial charge < -0.3 is 10.1 Å². The van der Waals surface area contributed by atoms with E-state index in [-0.39, 0.29) is 12.5 Å². The SMILES string of the molecule is Cc1cc(C)cc(NC(=O)COc2ccccc2C2SCCS2)c1. The second kappa shape index (κ2) is 7.99. The average molecular weight is 360 g/mol. The van der Waals surface area contributed by atoms with Crippen LogP contribution in [0.5, 0.6) is 5.75 Å². The normalized spacial score (nSPS) is 14.6. The Kier molecular flexibility index (Phi) is 5.74. The minimum atomic E-state index is -0.137. The number of carbonyl (C=O) groups is 1. The number of hydrogen-bond donors (Lipinski definition) is 1. The van der Waals surface area contributed by atoms with Gasteiger partial charge in [-0.15, -0.1) is 23.5 Å². The fraction of sp³-hybridized carbons (Fsp3) is 0.316. The Bertz CT molecular complexity index is 707. The number of nitrogens with one attached hydrogen (secondary N) is 1. The summed E-state index contributed by atoms with van der Waals surface area (Å²) in [7, 11) is 0. The van der Waals surface area contributed by atoms with E-state index in [2.05, 4.69) is 17.4 Å². The first-order chi connectivity index (χ1) is 11.6. The zero-order chi connectivity index (χ0) is 16.9. The van der Waals surface area contributed by atoms with Gasteiger partial charge >= 0.3 is 0 Å². The van der Waals surface area contributed by atoms with Crippen molar-refractivity contribution in [1.29, 1.82) is 0 Å². The minimum absolute atomic E-state index is 0.0199. The number of hydrogen-bond acceptors (Lipinski definition) is 4. The van der Waals surface area contributed by atoms with Crippen molar-refractivity contribution in [2.45, 2.75) is 18.4 Å². The molecule has 126 valence electrons. The molecular formula is C19H21NO2S2. The Morgan fingerprint density at radius 2 is 1.79 bits per heavy atom. The van der Waals surface area contributed by atoms with Gasteiger partial charge in [-0.2, -0.15) is 0 Å². The van der Waals surface area contributed by atoms with Crippen molar-refractivity contribution in [3.63, 3.8) is 0 Å². The number of carbonyl (C=O) groups excluding carboxylic acids is 1. The van der Waals surface area contributed by atoms with E-state index in [1.807, 2.05) is 67.7 Å². The van der Waals surface area contributed by atoms with Gasteiger partial charge in [0.25, 0.3) is 5.91 Å². The largest absolute Gasteiger partial charge is 0.483 e. The van der Waals surface area contributed by atoms with Crippen LogP contribution >= 0.6 is 23.5 Å². The molecule has 1 N–H and O–H groups in total. The lowest BCUT2D eigenvalue weighted by molar-refractivity contribution is -0.118. The molecule has 0 atom stereocenters. The molecule has 3 nitrogen and oxygen atoms in total. The van der Waals surface area contributed by atoms with E-state index in [0.29, 0.717) is 4.58 Å². The van der Waals surface area contributed by atoms with Crippen molar-refractivity contribution in [2.24, 2.45) is 0 Å². The van der Waals surface area contributed by atoms with Gasteiger partial charge in [-0.05, 0) is 43.2 Å². The van der Waals surface area contributed by atoms with Crippen LogP contribution in [0.1, 0.15) is 21.3 Å². The van der Waals surface area contributed by atoms with Crippen LogP contribution in [0, 0.1) is 13.8 Å². The average Bonchev–Trinajstić information content (AvgIpc) is 3.06. The van der Waals surface area contributed by atoms with Crippen LogP contribution < -0.4 is 10.1 Å². The number of aryl methyl sites for hydroxylation is 2. The summed E-state index contributed by atoms with van der Waals surface area (Å²) in [5, 5.41) is 2.91. The summed E-state index contributed by atoms with van der Waals surface area (Å²) in [5.74, 6) is 3.00. The molecule has 1 amide bonds. The number of benzene rings is 2. The van der Waals surface area contributed by atoms with Crippen LogP contribution in [-0.4, -0.2) is 24.0 Å². The molecule has 0 saturated carbocycles. The molecule has 0 unspecified atom stereocenters. The summed E-state index contributed by atoms with van der Waals surface area (Å²) in [4.78, 5) is 12.2. The summed E-state index contributed by atoms with van der Waals surface area (Å²) in [6, 6.07) is 14.0. The molecule has 0 radical (unpaired) electrons. The van der Waals surface area contributed by atoms with Gasteiger partial charge in [0.15, 0.2) is 6.61 Å². The standard InChI is InChI=1S/C19H21NO2S2/c1-13-9-14(2)11-15(10-13)20-18(21)12-22-17-6-4-3-5-16(17)19-23-7-8-24-19/h3-6,9-11,19H,7-8,12H2,1-2H3,(H,20,21). The fourth-order valence-corrected chi connectivity index (χ4v) is 5.64. The molecule has 3 rings (SSSR count). The molecule has 1 aliphatic heterocycles. The molecule has 2 aromatic carbocycles. The van der Waals surface area contributed by atoms with Crippen LogP contribution in [0.4, 0.5) is 5.69 Å². The maximum atomic E-state index is 12.2. The maximum absolute atomic E-state index is 12.2. The summed E-state index contributed by atoms with van der Waals surface area (Å²) in [6.45, 7) is 4.06. The van der Waals surface area contributed by atoms with E-state index in [0.717, 1.165) is 34.1 Å². The predicted molar refractivity (Wildman–Crippen MR) is 104 cm³/mol.